The quantitative estimate of drug-likeness (QED) is 0.392. The molecule has 0 radical (unpaired) electrons. The first-order valence-corrected chi connectivity index (χ1v) is 1.09. The molecule has 0 aromatic heterocycles. The highest BCUT2D eigenvalue weighted by Gasteiger charge is 1.95. The molecule has 4 nitrogen and oxygen atoms in total. The molecule has 1 N–H and O–H groups in total. The molecule has 0 atom stereocenters. The number of hydrazone groups is 1. The van der Waals surface area contributed by atoms with Crippen molar-refractivity contribution in [2.24, 2.45) is 15.4 Å². The van der Waals surface area contributed by atoms with Gasteiger partial charge in [-0.05, 0) is 0 Å². The van der Waals surface area contributed by atoms with Crippen molar-refractivity contribution >= 4 is 6.34 Å². The molecule has 1 rings (SSSR count). The maximum Gasteiger partial charge on any atom is 0.598 e. The predicted molar refractivity (Wildman–Crippen MR) is 15.4 cm³/mol. The minimum absolute atomic E-state index is 2.19. The smallest absolute Gasteiger partial charge is 0.126 e. The number of rotatable bonds is 0. The van der Waals surface area contributed by atoms with E-state index in [1.165, 1.54) is 0 Å². The Kier molecular flexibility index (Phi) is 0.329. The molecule has 24 valence electrons. The maximum absolute atomic E-state index is 3.25. The molecule has 0 fully saturated rings. The monoisotopic (exact) mass is 69.0 g/mol. The Morgan fingerprint density at radius 1 is 1.60 bits per heavy atom. The summed E-state index contributed by atoms with van der Waals surface area (Å²) >= 11 is 0. The van der Waals surface area contributed by atoms with Crippen molar-refractivity contribution in [3.63, 3.8) is 0 Å². The first-order chi connectivity index (χ1) is 2.50. The average Bonchev–Trinajstić information content (AvgIpc) is 1.76. The molecule has 5 heavy (non-hydrogen) atoms. The molecule has 0 saturated heterocycles. The van der Waals surface area contributed by atoms with Gasteiger partial charge < -0.3 is 0 Å². The highest BCUT2D eigenvalue weighted by Crippen LogP contribution is 1.70. The summed E-state index contributed by atoms with van der Waals surface area (Å²) in [5.74, 6) is 0. The van der Waals surface area contributed by atoms with Crippen molar-refractivity contribution in [2.45, 2.75) is 0 Å². The molecule has 0 aromatic carbocycles. The Labute approximate surface area is 28.6 Å². The lowest BCUT2D eigenvalue weighted by molar-refractivity contribution is 0.800. The standard InChI is InChI=1S/CHN4/c1-2-4-5-3-1/h(H,2,3,4,5)/q+1. The van der Waals surface area contributed by atoms with Gasteiger partial charge in [0.1, 0.15) is 5.10 Å². The molecule has 1 aliphatic heterocycles. The topological polar surface area (TPSA) is 49.1 Å². The molecular weight excluding hydrogens is 68.0 g/mol. The lowest BCUT2D eigenvalue weighted by atomic mass is 11.4. The van der Waals surface area contributed by atoms with Crippen LogP contribution in [0, 0.1) is 0 Å². The Hall–Kier alpha value is -1.02. The Morgan fingerprint density at radius 3 is 2.80 bits per heavy atom. The second-order valence-corrected chi connectivity index (χ2v) is 0.512. The summed E-state index contributed by atoms with van der Waals surface area (Å²) in [5, 5.41) is 9.61. The van der Waals surface area contributed by atoms with E-state index in [9.17, 15) is 0 Å². The first kappa shape index (κ1) is 2.23. The molecule has 1 heterocycles. The fourth-order valence-electron chi connectivity index (χ4n) is 0.112. The van der Waals surface area contributed by atoms with Crippen LogP contribution in [-0.4, -0.2) is 6.34 Å². The predicted octanol–water partition coefficient (Wildman–Crippen LogP) is -0.223. The van der Waals surface area contributed by atoms with Crippen LogP contribution in [0.1, 0.15) is 0 Å². The van der Waals surface area contributed by atoms with Crippen molar-refractivity contribution in [2.75, 3.05) is 0 Å². The van der Waals surface area contributed by atoms with Gasteiger partial charge in [0.05, 0.1) is 0 Å². The van der Waals surface area contributed by atoms with Crippen LogP contribution in [0.15, 0.2) is 15.4 Å². The Morgan fingerprint density at radius 2 is 2.60 bits per heavy atom. The fraction of sp³-hybridized carbons (Fsp3) is 0. The average molecular weight is 69.0 g/mol. The largest absolute Gasteiger partial charge is 0.598 e. The van der Waals surface area contributed by atoms with Gasteiger partial charge in [0, 0.05) is 5.22 Å². The third-order valence-electron chi connectivity index (χ3n) is 0.239. The number of hydrogen-bond donors (Lipinski definition) is 1. The van der Waals surface area contributed by atoms with Crippen LogP contribution in [-0.2, 0) is 0 Å². The molecule has 4 heteroatoms. The molecule has 0 amide bonds. The van der Waals surface area contributed by atoms with Crippen LogP contribution < -0.4 is 5.53 Å². The summed E-state index contributed by atoms with van der Waals surface area (Å²) in [4.78, 5) is 0. The van der Waals surface area contributed by atoms with Crippen molar-refractivity contribution in [1.29, 1.82) is 0 Å². The fourth-order valence-corrected chi connectivity index (χ4v) is 0.112. The van der Waals surface area contributed by atoms with E-state index in [0.29, 0.717) is 0 Å². The highest BCUT2D eigenvalue weighted by atomic mass is 15.6. The summed E-state index contributed by atoms with van der Waals surface area (Å²) in [6.45, 7) is 0. The molecule has 0 bridgehead atoms. The second kappa shape index (κ2) is 0.738. The third kappa shape index (κ3) is 0.181. The van der Waals surface area contributed by atoms with E-state index in [-0.39, 0.29) is 0 Å². The van der Waals surface area contributed by atoms with E-state index in [2.05, 4.69) is 27.3 Å². The van der Waals surface area contributed by atoms with E-state index in [4.69, 9.17) is 0 Å². The van der Waals surface area contributed by atoms with Crippen molar-refractivity contribution in [1.82, 2.24) is 5.53 Å². The summed E-state index contributed by atoms with van der Waals surface area (Å²) in [7, 11) is 0. The van der Waals surface area contributed by atoms with Crippen LogP contribution in [0.5, 0.6) is 0 Å². The van der Waals surface area contributed by atoms with Crippen LogP contribution in [0.2, 0.25) is 0 Å². The van der Waals surface area contributed by atoms with Crippen LogP contribution in [0.3, 0.4) is 0 Å². The highest BCUT2D eigenvalue weighted by molar-refractivity contribution is 5.54. The zero-order chi connectivity index (χ0) is 3.54. The normalized spacial score (nSPS) is 14.4. The van der Waals surface area contributed by atoms with Crippen molar-refractivity contribution < 1.29 is 0 Å². The Balaban J connectivity index is 2.61. The van der Waals surface area contributed by atoms with Gasteiger partial charge in [-0.25, -0.2) is 0 Å². The van der Waals surface area contributed by atoms with Gasteiger partial charge in [-0.2, -0.15) is 0 Å². The Bertz CT molecular complexity index is 61.7. The van der Waals surface area contributed by atoms with Crippen LogP contribution in [0.25, 0.3) is 0 Å². The second-order valence-electron chi connectivity index (χ2n) is 0.512. The van der Waals surface area contributed by atoms with E-state index < -0.39 is 0 Å². The molecule has 0 spiro atoms. The van der Waals surface area contributed by atoms with Gasteiger partial charge in [-0.3, -0.25) is 0 Å². The molecule has 0 unspecified atom stereocenters. The van der Waals surface area contributed by atoms with Gasteiger partial charge in [-0.15, -0.1) is 5.53 Å². The summed E-state index contributed by atoms with van der Waals surface area (Å²) in [6, 6.07) is 0. The van der Waals surface area contributed by atoms with Crippen LogP contribution in [0.4, 0.5) is 0 Å². The number of hydrogen-bond acceptors (Lipinski definition) is 4. The SMILES string of the molecule is [C+]1=NNN=N1. The molecular formula is CHN4+. The van der Waals surface area contributed by atoms with Gasteiger partial charge in [0.15, 0.2) is 5.11 Å². The van der Waals surface area contributed by atoms with E-state index >= 15 is 0 Å². The summed E-state index contributed by atoms with van der Waals surface area (Å²) in [6.07, 6.45) is 2.19. The summed E-state index contributed by atoms with van der Waals surface area (Å²) < 4.78 is 0. The van der Waals surface area contributed by atoms with E-state index in [1.54, 1.807) is 0 Å². The van der Waals surface area contributed by atoms with Crippen molar-refractivity contribution in [3.05, 3.63) is 0 Å². The zero-order valence-electron chi connectivity index (χ0n) is 2.34. The van der Waals surface area contributed by atoms with Gasteiger partial charge in [0.2, 0.25) is 0 Å². The minimum atomic E-state index is 2.19. The van der Waals surface area contributed by atoms with Crippen LogP contribution >= 0.6 is 0 Å². The summed E-state index contributed by atoms with van der Waals surface area (Å²) in [5.41, 5.74) is 2.19. The lowest BCUT2D eigenvalue weighted by Crippen LogP contribution is -1.81. The van der Waals surface area contributed by atoms with Crippen molar-refractivity contribution in [3.8, 4) is 0 Å². The van der Waals surface area contributed by atoms with Gasteiger partial charge in [0.25, 0.3) is 0 Å². The molecule has 1 aliphatic rings. The molecule has 0 saturated carbocycles. The third-order valence-corrected chi connectivity index (χ3v) is 0.239. The van der Waals surface area contributed by atoms with E-state index in [0.717, 1.165) is 0 Å². The number of nitrogens with zero attached hydrogens (tertiary/aromatic N) is 3. The maximum atomic E-state index is 3.25. The van der Waals surface area contributed by atoms with Gasteiger partial charge >= 0.3 is 6.34 Å². The molecule has 0 aromatic rings. The van der Waals surface area contributed by atoms with Gasteiger partial charge in [-0.1, -0.05) is 0 Å². The number of nitrogens with one attached hydrogen (secondary N) is 1. The first-order valence-electron chi connectivity index (χ1n) is 1.09. The zero-order valence-corrected chi connectivity index (χ0v) is 2.34. The van der Waals surface area contributed by atoms with E-state index in [1.807, 2.05) is 0 Å². The minimum Gasteiger partial charge on any atom is -0.126 e. The lowest BCUT2D eigenvalue weighted by Gasteiger charge is -1.53. The molecule has 0 aliphatic carbocycles.